The third-order valence-corrected chi connectivity index (χ3v) is 4.34. The standard InChI is InChI=1S/C13H11ClF3N5OS/c14-8-3-7(13(15,16)17)4-18-11(8)19-9(23)5-24-12-20-10(21-22-12)6-1-2-6/h3-4,6H,1-2,5H2,(H,18,19,23)(H,20,21,22). The highest BCUT2D eigenvalue weighted by Crippen LogP contribution is 2.38. The summed E-state index contributed by atoms with van der Waals surface area (Å²) in [6, 6.07) is 0.717. The van der Waals surface area contributed by atoms with Gasteiger partial charge in [-0.2, -0.15) is 13.2 Å². The van der Waals surface area contributed by atoms with Crippen molar-refractivity contribution in [1.82, 2.24) is 20.2 Å². The maximum atomic E-state index is 12.5. The van der Waals surface area contributed by atoms with Gasteiger partial charge in [-0.1, -0.05) is 23.4 Å². The fourth-order valence-electron chi connectivity index (χ4n) is 1.85. The van der Waals surface area contributed by atoms with Crippen LogP contribution in [0.15, 0.2) is 17.4 Å². The van der Waals surface area contributed by atoms with E-state index in [0.717, 1.165) is 30.4 Å². The Morgan fingerprint density at radius 3 is 2.83 bits per heavy atom. The number of aromatic amines is 1. The van der Waals surface area contributed by atoms with Gasteiger partial charge in [0.2, 0.25) is 11.1 Å². The second kappa shape index (κ2) is 6.60. The van der Waals surface area contributed by atoms with E-state index in [0.29, 0.717) is 23.3 Å². The number of anilines is 1. The Hall–Kier alpha value is -1.81. The fourth-order valence-corrected chi connectivity index (χ4v) is 2.66. The number of nitrogens with one attached hydrogen (secondary N) is 2. The van der Waals surface area contributed by atoms with E-state index >= 15 is 0 Å². The van der Waals surface area contributed by atoms with Gasteiger partial charge in [0.1, 0.15) is 5.82 Å². The molecule has 1 fully saturated rings. The van der Waals surface area contributed by atoms with Gasteiger partial charge in [0, 0.05) is 12.1 Å². The van der Waals surface area contributed by atoms with Gasteiger partial charge in [-0.15, -0.1) is 5.10 Å². The third-order valence-electron chi connectivity index (χ3n) is 3.20. The third kappa shape index (κ3) is 4.18. The maximum Gasteiger partial charge on any atom is 0.417 e. The number of amides is 1. The van der Waals surface area contributed by atoms with Crippen LogP contribution in [0.5, 0.6) is 0 Å². The van der Waals surface area contributed by atoms with Gasteiger partial charge in [0.05, 0.1) is 16.3 Å². The van der Waals surface area contributed by atoms with E-state index in [4.69, 9.17) is 11.6 Å². The molecule has 2 aromatic heterocycles. The summed E-state index contributed by atoms with van der Waals surface area (Å²) in [6.45, 7) is 0. The number of H-pyrrole nitrogens is 1. The molecule has 24 heavy (non-hydrogen) atoms. The number of halogens is 4. The summed E-state index contributed by atoms with van der Waals surface area (Å²) in [6.07, 6.45) is -1.76. The fraction of sp³-hybridized carbons (Fsp3) is 0.385. The van der Waals surface area contributed by atoms with Crippen LogP contribution in [-0.4, -0.2) is 31.8 Å². The first kappa shape index (κ1) is 17.0. The summed E-state index contributed by atoms with van der Waals surface area (Å²) in [5, 5.41) is 9.34. The summed E-state index contributed by atoms with van der Waals surface area (Å²) >= 11 is 6.84. The number of carbonyl (C=O) groups excluding carboxylic acids is 1. The van der Waals surface area contributed by atoms with Crippen LogP contribution in [-0.2, 0) is 11.0 Å². The van der Waals surface area contributed by atoms with Gasteiger partial charge in [0.15, 0.2) is 5.82 Å². The minimum atomic E-state index is -4.54. The number of rotatable bonds is 5. The van der Waals surface area contributed by atoms with Crippen molar-refractivity contribution in [2.45, 2.75) is 30.1 Å². The van der Waals surface area contributed by atoms with Crippen molar-refractivity contribution in [3.05, 3.63) is 28.7 Å². The van der Waals surface area contributed by atoms with Crippen LogP contribution in [0.2, 0.25) is 5.02 Å². The second-order valence-electron chi connectivity index (χ2n) is 5.17. The van der Waals surface area contributed by atoms with Crippen LogP contribution in [0.4, 0.5) is 19.0 Å². The average molecular weight is 378 g/mol. The van der Waals surface area contributed by atoms with Gasteiger partial charge < -0.3 is 5.32 Å². The van der Waals surface area contributed by atoms with E-state index in [9.17, 15) is 18.0 Å². The van der Waals surface area contributed by atoms with Gasteiger partial charge in [-0.05, 0) is 18.9 Å². The minimum absolute atomic E-state index is 0.0129. The Morgan fingerprint density at radius 2 is 2.21 bits per heavy atom. The summed E-state index contributed by atoms with van der Waals surface area (Å²) < 4.78 is 37.6. The lowest BCUT2D eigenvalue weighted by Gasteiger charge is -2.09. The number of carbonyl (C=O) groups is 1. The Bertz CT molecular complexity index is 762. The minimum Gasteiger partial charge on any atom is -0.309 e. The molecule has 0 aliphatic heterocycles. The molecule has 0 aromatic carbocycles. The van der Waals surface area contributed by atoms with Crippen molar-refractivity contribution in [3.8, 4) is 0 Å². The number of aromatic nitrogens is 4. The summed E-state index contributed by atoms with van der Waals surface area (Å²) in [4.78, 5) is 19.7. The van der Waals surface area contributed by atoms with Gasteiger partial charge in [-0.3, -0.25) is 9.89 Å². The Kier molecular flexibility index (Phi) is 4.68. The predicted molar refractivity (Wildman–Crippen MR) is 82.0 cm³/mol. The Labute approximate surface area is 143 Å². The molecule has 0 saturated heterocycles. The molecular weight excluding hydrogens is 367 g/mol. The molecule has 1 saturated carbocycles. The highest BCUT2D eigenvalue weighted by molar-refractivity contribution is 7.99. The quantitative estimate of drug-likeness (QED) is 0.779. The van der Waals surface area contributed by atoms with Crippen LogP contribution in [0.25, 0.3) is 0 Å². The lowest BCUT2D eigenvalue weighted by Crippen LogP contribution is -2.16. The van der Waals surface area contributed by atoms with Crippen LogP contribution in [0.1, 0.15) is 30.1 Å². The number of alkyl halides is 3. The van der Waals surface area contributed by atoms with E-state index < -0.39 is 17.6 Å². The lowest BCUT2D eigenvalue weighted by atomic mass is 10.3. The zero-order valence-electron chi connectivity index (χ0n) is 12.0. The van der Waals surface area contributed by atoms with E-state index in [-0.39, 0.29) is 16.6 Å². The van der Waals surface area contributed by atoms with Gasteiger partial charge in [-0.25, -0.2) is 9.97 Å². The van der Waals surface area contributed by atoms with Crippen molar-refractivity contribution >= 4 is 35.1 Å². The molecular formula is C13H11ClF3N5OS. The summed E-state index contributed by atoms with van der Waals surface area (Å²) in [7, 11) is 0. The van der Waals surface area contributed by atoms with Crippen molar-refractivity contribution in [3.63, 3.8) is 0 Å². The molecule has 1 amide bonds. The number of thioether (sulfide) groups is 1. The largest absolute Gasteiger partial charge is 0.417 e. The lowest BCUT2D eigenvalue weighted by molar-refractivity contribution is -0.137. The van der Waals surface area contributed by atoms with Crippen molar-refractivity contribution in [2.24, 2.45) is 0 Å². The first-order chi connectivity index (χ1) is 11.3. The second-order valence-corrected chi connectivity index (χ2v) is 6.52. The molecule has 11 heteroatoms. The van der Waals surface area contributed by atoms with Crippen LogP contribution in [0.3, 0.4) is 0 Å². The van der Waals surface area contributed by atoms with E-state index in [1.54, 1.807) is 0 Å². The molecule has 0 atom stereocenters. The first-order valence-electron chi connectivity index (χ1n) is 6.90. The first-order valence-corrected chi connectivity index (χ1v) is 8.27. The number of hydrogen-bond acceptors (Lipinski definition) is 5. The maximum absolute atomic E-state index is 12.5. The molecule has 2 N–H and O–H groups in total. The van der Waals surface area contributed by atoms with Crippen molar-refractivity contribution in [2.75, 3.05) is 11.1 Å². The zero-order valence-corrected chi connectivity index (χ0v) is 13.6. The van der Waals surface area contributed by atoms with Crippen molar-refractivity contribution in [1.29, 1.82) is 0 Å². The van der Waals surface area contributed by atoms with Crippen LogP contribution >= 0.6 is 23.4 Å². The number of nitrogens with zero attached hydrogens (tertiary/aromatic N) is 3. The topological polar surface area (TPSA) is 83.6 Å². The van der Waals surface area contributed by atoms with Crippen molar-refractivity contribution < 1.29 is 18.0 Å². The highest BCUT2D eigenvalue weighted by Gasteiger charge is 2.31. The molecule has 6 nitrogen and oxygen atoms in total. The van der Waals surface area contributed by atoms with Crippen LogP contribution in [0, 0.1) is 0 Å². The van der Waals surface area contributed by atoms with Crippen LogP contribution < -0.4 is 5.32 Å². The molecule has 128 valence electrons. The molecule has 1 aliphatic carbocycles. The zero-order chi connectivity index (χ0) is 17.3. The number of pyridine rings is 1. The van der Waals surface area contributed by atoms with E-state index in [2.05, 4.69) is 25.5 Å². The normalized spacial score (nSPS) is 14.7. The monoisotopic (exact) mass is 377 g/mol. The van der Waals surface area contributed by atoms with Gasteiger partial charge >= 0.3 is 6.18 Å². The highest BCUT2D eigenvalue weighted by atomic mass is 35.5. The van der Waals surface area contributed by atoms with E-state index in [1.165, 1.54) is 0 Å². The summed E-state index contributed by atoms with van der Waals surface area (Å²) in [5.41, 5.74) is -0.979. The van der Waals surface area contributed by atoms with Gasteiger partial charge in [0.25, 0.3) is 0 Å². The molecule has 2 aromatic rings. The molecule has 3 rings (SSSR count). The average Bonchev–Trinajstić information content (AvgIpc) is 3.25. The molecule has 2 heterocycles. The molecule has 1 aliphatic rings. The smallest absolute Gasteiger partial charge is 0.309 e. The Morgan fingerprint density at radius 1 is 1.46 bits per heavy atom. The molecule has 0 unspecified atom stereocenters. The molecule has 0 bridgehead atoms. The van der Waals surface area contributed by atoms with E-state index in [1.807, 2.05) is 0 Å². The predicted octanol–water partition coefficient (Wildman–Crippen LogP) is 3.48. The summed E-state index contributed by atoms with van der Waals surface area (Å²) in [5.74, 6) is 0.637. The number of hydrogen-bond donors (Lipinski definition) is 2. The molecule has 0 radical (unpaired) electrons. The molecule has 0 spiro atoms. The Balaban J connectivity index is 1.56. The SMILES string of the molecule is O=C(CSc1n[nH]c(C2CC2)n1)Nc1ncc(C(F)(F)F)cc1Cl.